The molecule has 0 aliphatic heterocycles. The zero-order valence-electron chi connectivity index (χ0n) is 16.7. The summed E-state index contributed by atoms with van der Waals surface area (Å²) >= 11 is 0. The summed E-state index contributed by atoms with van der Waals surface area (Å²) in [5, 5.41) is 2.98. The quantitative estimate of drug-likeness (QED) is 0.823. The molecule has 2 aromatic carbocycles. The third-order valence-corrected chi connectivity index (χ3v) is 4.34. The van der Waals surface area contributed by atoms with Crippen molar-refractivity contribution in [2.45, 2.75) is 39.5 Å². The summed E-state index contributed by atoms with van der Waals surface area (Å²) in [5.74, 6) is 0.494. The number of para-hydroxylation sites is 1. The van der Waals surface area contributed by atoms with Gasteiger partial charge < -0.3 is 15.0 Å². The molecule has 5 nitrogen and oxygen atoms in total. The van der Waals surface area contributed by atoms with Crippen LogP contribution < -0.4 is 15.0 Å². The molecule has 2 aromatic rings. The Kier molecular flexibility index (Phi) is 6.61. The van der Waals surface area contributed by atoms with Crippen molar-refractivity contribution in [3.63, 3.8) is 0 Å². The predicted molar refractivity (Wildman–Crippen MR) is 109 cm³/mol. The molecule has 0 spiro atoms. The number of nitrogens with one attached hydrogen (secondary N) is 1. The van der Waals surface area contributed by atoms with Crippen LogP contribution in [0.5, 0.6) is 5.75 Å². The van der Waals surface area contributed by atoms with Crippen molar-refractivity contribution in [2.24, 2.45) is 0 Å². The first kappa shape index (κ1) is 20.5. The van der Waals surface area contributed by atoms with Crippen molar-refractivity contribution in [3.8, 4) is 5.75 Å². The molecule has 0 aromatic heterocycles. The Bertz CT molecular complexity index is 792. The van der Waals surface area contributed by atoms with E-state index in [2.05, 4.69) is 26.1 Å². The molecule has 0 unspecified atom stereocenters. The van der Waals surface area contributed by atoms with Crippen LogP contribution in [-0.2, 0) is 15.0 Å². The van der Waals surface area contributed by atoms with Gasteiger partial charge in [-0.05, 0) is 41.3 Å². The smallest absolute Gasteiger partial charge is 0.226 e. The number of hydrogen-bond acceptors (Lipinski definition) is 3. The molecule has 0 bridgehead atoms. The Morgan fingerprint density at radius 1 is 1.04 bits per heavy atom. The Hall–Kier alpha value is -2.82. The van der Waals surface area contributed by atoms with Gasteiger partial charge in [-0.1, -0.05) is 39.0 Å². The van der Waals surface area contributed by atoms with E-state index in [1.165, 1.54) is 6.92 Å². The molecule has 5 heteroatoms. The number of rotatable bonds is 6. The van der Waals surface area contributed by atoms with Gasteiger partial charge in [-0.3, -0.25) is 9.59 Å². The van der Waals surface area contributed by atoms with E-state index in [-0.39, 0.29) is 23.7 Å². The molecule has 0 radical (unpaired) electrons. The number of hydrogen-bond donors (Lipinski definition) is 1. The van der Waals surface area contributed by atoms with Crippen LogP contribution >= 0.6 is 0 Å². The summed E-state index contributed by atoms with van der Waals surface area (Å²) in [6, 6.07) is 15.0. The van der Waals surface area contributed by atoms with Gasteiger partial charge in [0.05, 0.1) is 7.11 Å². The summed E-state index contributed by atoms with van der Waals surface area (Å²) in [6.07, 6.45) is 0.212. The number of nitrogens with zero attached hydrogens (tertiary/aromatic N) is 1. The monoisotopic (exact) mass is 368 g/mol. The third kappa shape index (κ3) is 5.58. The van der Waals surface area contributed by atoms with E-state index in [0.29, 0.717) is 6.54 Å². The maximum Gasteiger partial charge on any atom is 0.226 e. The largest absolute Gasteiger partial charge is 0.497 e. The minimum absolute atomic E-state index is 0.0710. The highest BCUT2D eigenvalue weighted by Crippen LogP contribution is 2.29. The van der Waals surface area contributed by atoms with Crippen LogP contribution in [0, 0.1) is 0 Å². The Morgan fingerprint density at radius 3 is 2.22 bits per heavy atom. The van der Waals surface area contributed by atoms with E-state index in [1.807, 2.05) is 36.4 Å². The molecule has 0 aliphatic rings. The number of carbonyl (C=O) groups is 2. The molecule has 0 saturated heterocycles. The first-order valence-corrected chi connectivity index (χ1v) is 9.04. The van der Waals surface area contributed by atoms with E-state index in [9.17, 15) is 9.59 Å². The van der Waals surface area contributed by atoms with E-state index >= 15 is 0 Å². The number of ether oxygens (including phenoxy) is 1. The minimum Gasteiger partial charge on any atom is -0.497 e. The molecule has 0 heterocycles. The average Bonchev–Trinajstić information content (AvgIpc) is 2.61. The molecule has 1 N–H and O–H groups in total. The molecule has 27 heavy (non-hydrogen) atoms. The van der Waals surface area contributed by atoms with Crippen LogP contribution in [0.15, 0.2) is 48.5 Å². The van der Waals surface area contributed by atoms with Crippen LogP contribution in [0.3, 0.4) is 0 Å². The van der Waals surface area contributed by atoms with Crippen molar-refractivity contribution < 1.29 is 14.3 Å². The van der Waals surface area contributed by atoms with Gasteiger partial charge in [0.1, 0.15) is 5.75 Å². The number of amides is 2. The van der Waals surface area contributed by atoms with Crippen LogP contribution in [0.1, 0.15) is 39.7 Å². The van der Waals surface area contributed by atoms with Gasteiger partial charge in [0.15, 0.2) is 0 Å². The Balaban J connectivity index is 2.06. The zero-order valence-corrected chi connectivity index (χ0v) is 16.7. The van der Waals surface area contributed by atoms with Gasteiger partial charge in [-0.25, -0.2) is 0 Å². The van der Waals surface area contributed by atoms with Crippen molar-refractivity contribution in [1.82, 2.24) is 0 Å². The first-order chi connectivity index (χ1) is 12.7. The summed E-state index contributed by atoms with van der Waals surface area (Å²) in [4.78, 5) is 26.1. The van der Waals surface area contributed by atoms with Crippen molar-refractivity contribution in [2.75, 3.05) is 23.9 Å². The molecule has 2 amide bonds. The lowest BCUT2D eigenvalue weighted by atomic mass is 9.86. The second-order valence-electron chi connectivity index (χ2n) is 7.46. The normalized spacial score (nSPS) is 11.0. The minimum atomic E-state index is -0.119. The van der Waals surface area contributed by atoms with Gasteiger partial charge >= 0.3 is 0 Å². The Labute approximate surface area is 161 Å². The van der Waals surface area contributed by atoms with Gasteiger partial charge in [-0.15, -0.1) is 0 Å². The fraction of sp³-hybridized carbons (Fsp3) is 0.364. The lowest BCUT2D eigenvalue weighted by molar-refractivity contribution is -0.117. The van der Waals surface area contributed by atoms with E-state index in [0.717, 1.165) is 22.7 Å². The molecular formula is C22H28N2O3. The number of methoxy groups -OCH3 is 1. The molecule has 144 valence electrons. The van der Waals surface area contributed by atoms with Gasteiger partial charge in [-0.2, -0.15) is 0 Å². The fourth-order valence-electron chi connectivity index (χ4n) is 2.90. The molecular weight excluding hydrogens is 340 g/mol. The molecule has 2 rings (SSSR count). The van der Waals surface area contributed by atoms with E-state index in [1.54, 1.807) is 24.1 Å². The maximum atomic E-state index is 12.5. The van der Waals surface area contributed by atoms with Crippen LogP contribution in [0.2, 0.25) is 0 Å². The van der Waals surface area contributed by atoms with Crippen LogP contribution in [-0.4, -0.2) is 25.5 Å². The fourth-order valence-corrected chi connectivity index (χ4v) is 2.90. The van der Waals surface area contributed by atoms with E-state index < -0.39 is 0 Å². The highest BCUT2D eigenvalue weighted by molar-refractivity contribution is 5.95. The standard InChI is InChI=1S/C22H28N2O3/c1-16(25)24(17-10-12-18(27-5)13-11-17)15-14-21(26)23-20-9-7-6-8-19(20)22(2,3)4/h6-13H,14-15H2,1-5H3,(H,23,26). The molecule has 0 fully saturated rings. The second-order valence-corrected chi connectivity index (χ2v) is 7.46. The van der Waals surface area contributed by atoms with Crippen molar-refractivity contribution in [1.29, 1.82) is 0 Å². The van der Waals surface area contributed by atoms with Gasteiger partial charge in [0.25, 0.3) is 0 Å². The molecule has 0 atom stereocenters. The summed E-state index contributed by atoms with van der Waals surface area (Å²) < 4.78 is 5.15. The molecule has 0 saturated carbocycles. The van der Waals surface area contributed by atoms with Crippen LogP contribution in [0.25, 0.3) is 0 Å². The highest BCUT2D eigenvalue weighted by atomic mass is 16.5. The van der Waals surface area contributed by atoms with Gasteiger partial charge in [0, 0.05) is 31.3 Å². The predicted octanol–water partition coefficient (Wildman–Crippen LogP) is 4.37. The molecule has 0 aliphatic carbocycles. The second kappa shape index (κ2) is 8.71. The first-order valence-electron chi connectivity index (χ1n) is 9.04. The number of carbonyl (C=O) groups excluding carboxylic acids is 2. The average molecular weight is 368 g/mol. The highest BCUT2D eigenvalue weighted by Gasteiger charge is 2.19. The van der Waals surface area contributed by atoms with E-state index in [4.69, 9.17) is 4.74 Å². The van der Waals surface area contributed by atoms with Crippen LogP contribution in [0.4, 0.5) is 11.4 Å². The number of anilines is 2. The maximum absolute atomic E-state index is 12.5. The zero-order chi connectivity index (χ0) is 20.0. The van der Waals surface area contributed by atoms with Crippen molar-refractivity contribution >= 4 is 23.2 Å². The van der Waals surface area contributed by atoms with Crippen molar-refractivity contribution in [3.05, 3.63) is 54.1 Å². The summed E-state index contributed by atoms with van der Waals surface area (Å²) in [5.41, 5.74) is 2.57. The summed E-state index contributed by atoms with van der Waals surface area (Å²) in [6.45, 7) is 8.14. The third-order valence-electron chi connectivity index (χ3n) is 4.34. The summed E-state index contributed by atoms with van der Waals surface area (Å²) in [7, 11) is 1.59. The Morgan fingerprint density at radius 2 is 1.67 bits per heavy atom. The lowest BCUT2D eigenvalue weighted by Crippen LogP contribution is -2.32. The van der Waals surface area contributed by atoms with Gasteiger partial charge in [0.2, 0.25) is 11.8 Å². The number of benzene rings is 2. The lowest BCUT2D eigenvalue weighted by Gasteiger charge is -2.24. The topological polar surface area (TPSA) is 58.6 Å². The SMILES string of the molecule is COc1ccc(N(CCC(=O)Nc2ccccc2C(C)(C)C)C(C)=O)cc1.